The Bertz CT molecular complexity index is 259. The van der Waals surface area contributed by atoms with Gasteiger partial charge in [0.25, 0.3) is 0 Å². The first kappa shape index (κ1) is 11.2. The van der Waals surface area contributed by atoms with Crippen LogP contribution in [0.5, 0.6) is 0 Å². The summed E-state index contributed by atoms with van der Waals surface area (Å²) in [6, 6.07) is 0.538. The summed E-state index contributed by atoms with van der Waals surface area (Å²) in [6.07, 6.45) is 0. The second-order valence-corrected chi connectivity index (χ2v) is 4.91. The summed E-state index contributed by atoms with van der Waals surface area (Å²) in [7, 11) is 0. The van der Waals surface area contributed by atoms with E-state index in [1.807, 2.05) is 0 Å². The minimum Gasteiger partial charge on any atom is -0.314 e. The standard InChI is InChI=1S/C10H16BrNS/c1-4-12-8(3)7(2)9-5-13-6-10(9)11/h5-8,12H,4H2,1-3H3. The average molecular weight is 262 g/mol. The molecule has 1 N–H and O–H groups in total. The number of hydrogen-bond acceptors (Lipinski definition) is 2. The summed E-state index contributed by atoms with van der Waals surface area (Å²) in [4.78, 5) is 0. The van der Waals surface area contributed by atoms with Crippen LogP contribution in [0.3, 0.4) is 0 Å². The fourth-order valence-electron chi connectivity index (χ4n) is 1.38. The third-order valence-electron chi connectivity index (χ3n) is 2.41. The summed E-state index contributed by atoms with van der Waals surface area (Å²) >= 11 is 5.32. The van der Waals surface area contributed by atoms with Crippen LogP contribution in [0, 0.1) is 0 Å². The van der Waals surface area contributed by atoms with Gasteiger partial charge in [-0.05, 0) is 46.3 Å². The molecule has 1 rings (SSSR count). The molecule has 0 radical (unpaired) electrons. The van der Waals surface area contributed by atoms with E-state index < -0.39 is 0 Å². The predicted molar refractivity (Wildman–Crippen MR) is 63.6 cm³/mol. The van der Waals surface area contributed by atoms with Gasteiger partial charge in [0.2, 0.25) is 0 Å². The number of thiophene rings is 1. The lowest BCUT2D eigenvalue weighted by molar-refractivity contribution is 0.495. The summed E-state index contributed by atoms with van der Waals surface area (Å²) in [5.74, 6) is 0.570. The van der Waals surface area contributed by atoms with Crippen molar-refractivity contribution in [3.63, 3.8) is 0 Å². The highest BCUT2D eigenvalue weighted by atomic mass is 79.9. The van der Waals surface area contributed by atoms with Gasteiger partial charge in [-0.15, -0.1) is 0 Å². The smallest absolute Gasteiger partial charge is 0.0317 e. The van der Waals surface area contributed by atoms with Crippen LogP contribution in [0.4, 0.5) is 0 Å². The number of likely N-dealkylation sites (N-methyl/N-ethyl adjacent to an activating group) is 1. The molecule has 0 aliphatic carbocycles. The molecule has 1 aromatic rings. The fourth-order valence-corrected chi connectivity index (χ4v) is 3.15. The first-order valence-corrected chi connectivity index (χ1v) is 6.35. The highest BCUT2D eigenvalue weighted by molar-refractivity contribution is 9.10. The van der Waals surface area contributed by atoms with Crippen molar-refractivity contribution in [2.24, 2.45) is 0 Å². The highest BCUT2D eigenvalue weighted by Gasteiger charge is 2.16. The number of hydrogen-bond donors (Lipinski definition) is 1. The molecule has 0 aliphatic heterocycles. The van der Waals surface area contributed by atoms with Crippen LogP contribution in [-0.2, 0) is 0 Å². The van der Waals surface area contributed by atoms with Crippen molar-refractivity contribution in [1.82, 2.24) is 5.32 Å². The van der Waals surface area contributed by atoms with Crippen molar-refractivity contribution in [2.45, 2.75) is 32.7 Å². The Labute approximate surface area is 92.7 Å². The van der Waals surface area contributed by atoms with E-state index in [9.17, 15) is 0 Å². The van der Waals surface area contributed by atoms with Gasteiger partial charge in [-0.1, -0.05) is 13.8 Å². The maximum Gasteiger partial charge on any atom is 0.0317 e. The predicted octanol–water partition coefficient (Wildman–Crippen LogP) is 3.61. The molecule has 1 nitrogen and oxygen atoms in total. The topological polar surface area (TPSA) is 12.0 Å². The van der Waals surface area contributed by atoms with Crippen LogP contribution in [0.15, 0.2) is 15.2 Å². The summed E-state index contributed by atoms with van der Waals surface area (Å²) in [5.41, 5.74) is 1.42. The van der Waals surface area contributed by atoms with Crippen LogP contribution in [-0.4, -0.2) is 12.6 Å². The van der Waals surface area contributed by atoms with Gasteiger partial charge in [0.1, 0.15) is 0 Å². The van der Waals surface area contributed by atoms with Gasteiger partial charge in [-0.25, -0.2) is 0 Å². The molecule has 1 aromatic heterocycles. The van der Waals surface area contributed by atoms with Gasteiger partial charge < -0.3 is 5.32 Å². The number of rotatable bonds is 4. The van der Waals surface area contributed by atoms with E-state index in [1.165, 1.54) is 10.0 Å². The number of nitrogens with one attached hydrogen (secondary N) is 1. The fraction of sp³-hybridized carbons (Fsp3) is 0.600. The second kappa shape index (κ2) is 5.13. The van der Waals surface area contributed by atoms with Crippen LogP contribution in [0.25, 0.3) is 0 Å². The molecule has 2 atom stereocenters. The van der Waals surface area contributed by atoms with Gasteiger partial charge in [-0.3, -0.25) is 0 Å². The maximum atomic E-state index is 3.57. The molecule has 3 heteroatoms. The molecule has 0 bridgehead atoms. The van der Waals surface area contributed by atoms with E-state index >= 15 is 0 Å². The zero-order valence-corrected chi connectivity index (χ0v) is 10.7. The summed E-state index contributed by atoms with van der Waals surface area (Å²) in [5, 5.41) is 7.81. The molecule has 0 amide bonds. The first-order valence-electron chi connectivity index (χ1n) is 4.61. The Hall–Kier alpha value is 0.140. The average Bonchev–Trinajstić information content (AvgIpc) is 2.50. The first-order chi connectivity index (χ1) is 6.16. The molecule has 0 fully saturated rings. The zero-order chi connectivity index (χ0) is 9.84. The maximum absolute atomic E-state index is 3.57. The molecule has 13 heavy (non-hydrogen) atoms. The van der Waals surface area contributed by atoms with Crippen LogP contribution in [0.1, 0.15) is 32.3 Å². The quantitative estimate of drug-likeness (QED) is 0.874. The van der Waals surface area contributed by atoms with Gasteiger partial charge in [0.15, 0.2) is 0 Å². The Kier molecular flexibility index (Phi) is 4.42. The van der Waals surface area contributed by atoms with Crippen LogP contribution in [0.2, 0.25) is 0 Å². The van der Waals surface area contributed by atoms with E-state index in [0.29, 0.717) is 12.0 Å². The highest BCUT2D eigenvalue weighted by Crippen LogP contribution is 2.30. The Morgan fingerprint density at radius 1 is 1.46 bits per heavy atom. The van der Waals surface area contributed by atoms with E-state index in [1.54, 1.807) is 11.3 Å². The lowest BCUT2D eigenvalue weighted by Gasteiger charge is -2.20. The second-order valence-electron chi connectivity index (χ2n) is 3.31. The molecule has 0 saturated carbocycles. The van der Waals surface area contributed by atoms with Crippen LogP contribution < -0.4 is 5.32 Å². The van der Waals surface area contributed by atoms with Crippen molar-refractivity contribution in [1.29, 1.82) is 0 Å². The molecule has 0 spiro atoms. The Morgan fingerprint density at radius 2 is 2.15 bits per heavy atom. The number of halogens is 1. The molecular weight excluding hydrogens is 246 g/mol. The van der Waals surface area contributed by atoms with Crippen molar-refractivity contribution >= 4 is 27.3 Å². The van der Waals surface area contributed by atoms with Crippen LogP contribution >= 0.6 is 27.3 Å². The molecule has 2 unspecified atom stereocenters. The summed E-state index contributed by atoms with van der Waals surface area (Å²) < 4.78 is 1.25. The van der Waals surface area contributed by atoms with E-state index in [4.69, 9.17) is 0 Å². The molecule has 1 heterocycles. The third-order valence-corrected chi connectivity index (χ3v) is 4.16. The Morgan fingerprint density at radius 3 is 2.62 bits per heavy atom. The summed E-state index contributed by atoms with van der Waals surface area (Å²) in [6.45, 7) is 7.68. The molecule has 0 aliphatic rings. The zero-order valence-electron chi connectivity index (χ0n) is 8.30. The molecule has 74 valence electrons. The van der Waals surface area contributed by atoms with E-state index in [0.717, 1.165) is 6.54 Å². The van der Waals surface area contributed by atoms with Crippen molar-refractivity contribution < 1.29 is 0 Å². The Balaban J connectivity index is 2.67. The monoisotopic (exact) mass is 261 g/mol. The lowest BCUT2D eigenvalue weighted by atomic mass is 9.97. The molecule has 0 saturated heterocycles. The normalized spacial score (nSPS) is 15.7. The minimum atomic E-state index is 0.538. The van der Waals surface area contributed by atoms with Crippen molar-refractivity contribution in [3.8, 4) is 0 Å². The largest absolute Gasteiger partial charge is 0.314 e. The van der Waals surface area contributed by atoms with Gasteiger partial charge in [0, 0.05) is 15.9 Å². The molecule has 0 aromatic carbocycles. The minimum absolute atomic E-state index is 0.538. The van der Waals surface area contributed by atoms with Gasteiger partial charge in [0.05, 0.1) is 0 Å². The van der Waals surface area contributed by atoms with Gasteiger partial charge >= 0.3 is 0 Å². The lowest BCUT2D eigenvalue weighted by Crippen LogP contribution is -2.30. The SMILES string of the molecule is CCNC(C)C(C)c1cscc1Br. The molecular formula is C10H16BrNS. The van der Waals surface area contributed by atoms with E-state index in [-0.39, 0.29) is 0 Å². The van der Waals surface area contributed by atoms with E-state index in [2.05, 4.69) is 52.8 Å². The van der Waals surface area contributed by atoms with Gasteiger partial charge in [-0.2, -0.15) is 11.3 Å². The van der Waals surface area contributed by atoms with Crippen molar-refractivity contribution in [2.75, 3.05) is 6.54 Å². The van der Waals surface area contributed by atoms with Crippen molar-refractivity contribution in [3.05, 3.63) is 20.8 Å². The third kappa shape index (κ3) is 2.79.